The highest BCUT2D eigenvalue weighted by atomic mass is 79.9. The van der Waals surface area contributed by atoms with E-state index in [2.05, 4.69) is 37.2 Å². The number of halogens is 2. The minimum atomic E-state index is -0.262. The molecular weight excluding hydrogens is 414 g/mol. The van der Waals surface area contributed by atoms with E-state index < -0.39 is 0 Å². The number of carbonyl (C=O) groups excluding carboxylic acids is 2. The molecule has 2 rings (SSSR count). The van der Waals surface area contributed by atoms with Crippen LogP contribution in [-0.2, 0) is 4.79 Å². The summed E-state index contributed by atoms with van der Waals surface area (Å²) >= 11 is 6.64. The maximum absolute atomic E-state index is 11.9. The molecule has 0 unspecified atom stereocenters. The van der Waals surface area contributed by atoms with Gasteiger partial charge in [-0.15, -0.1) is 0 Å². The van der Waals surface area contributed by atoms with Crippen LogP contribution < -0.4 is 10.1 Å². The molecule has 0 spiro atoms. The zero-order valence-electron chi connectivity index (χ0n) is 11.7. The van der Waals surface area contributed by atoms with Gasteiger partial charge in [-0.2, -0.15) is 0 Å². The molecule has 22 heavy (non-hydrogen) atoms. The molecule has 2 aromatic rings. The SMILES string of the molecule is Cc1ccc(NC(=O)COc2c(Br)cc(C=O)cc2Br)cc1. The first kappa shape index (κ1) is 16.7. The maximum Gasteiger partial charge on any atom is 0.262 e. The summed E-state index contributed by atoms with van der Waals surface area (Å²) in [5.74, 6) is 0.215. The van der Waals surface area contributed by atoms with Crippen LogP contribution in [0.3, 0.4) is 0 Å². The van der Waals surface area contributed by atoms with Crippen LogP contribution in [0.1, 0.15) is 15.9 Å². The second kappa shape index (κ2) is 7.56. The first-order chi connectivity index (χ1) is 10.5. The van der Waals surface area contributed by atoms with Gasteiger partial charge in [0.1, 0.15) is 12.0 Å². The quantitative estimate of drug-likeness (QED) is 0.723. The van der Waals surface area contributed by atoms with Crippen molar-refractivity contribution in [2.24, 2.45) is 0 Å². The average Bonchev–Trinajstić information content (AvgIpc) is 2.48. The fourth-order valence-electron chi connectivity index (χ4n) is 1.76. The van der Waals surface area contributed by atoms with E-state index in [-0.39, 0.29) is 12.5 Å². The van der Waals surface area contributed by atoms with Gasteiger partial charge >= 0.3 is 0 Å². The molecule has 0 saturated heterocycles. The molecule has 4 nitrogen and oxygen atoms in total. The van der Waals surface area contributed by atoms with Crippen molar-refractivity contribution in [1.82, 2.24) is 0 Å². The average molecular weight is 427 g/mol. The molecule has 1 amide bonds. The Hall–Kier alpha value is -1.66. The summed E-state index contributed by atoms with van der Waals surface area (Å²) in [6.45, 7) is 1.85. The molecule has 0 aromatic heterocycles. The first-order valence-corrected chi connectivity index (χ1v) is 8.01. The second-order valence-electron chi connectivity index (χ2n) is 4.63. The third-order valence-electron chi connectivity index (χ3n) is 2.84. The van der Waals surface area contributed by atoms with Crippen LogP contribution in [0.25, 0.3) is 0 Å². The lowest BCUT2D eigenvalue weighted by atomic mass is 10.2. The molecule has 0 aliphatic heterocycles. The molecule has 0 fully saturated rings. The topological polar surface area (TPSA) is 55.4 Å². The fraction of sp³-hybridized carbons (Fsp3) is 0.125. The summed E-state index contributed by atoms with van der Waals surface area (Å²) in [5, 5.41) is 2.75. The number of aldehydes is 1. The number of amides is 1. The summed E-state index contributed by atoms with van der Waals surface area (Å²) in [7, 11) is 0. The van der Waals surface area contributed by atoms with Crippen molar-refractivity contribution in [1.29, 1.82) is 0 Å². The summed E-state index contributed by atoms with van der Waals surface area (Å²) in [6.07, 6.45) is 0.739. The standard InChI is InChI=1S/C16H13Br2NO3/c1-10-2-4-12(5-3-10)19-15(21)9-22-16-13(17)6-11(8-20)7-14(16)18/h2-8H,9H2,1H3,(H,19,21). The molecule has 0 aliphatic rings. The molecule has 0 atom stereocenters. The Balaban J connectivity index is 1.99. The van der Waals surface area contributed by atoms with E-state index in [4.69, 9.17) is 4.74 Å². The van der Waals surface area contributed by atoms with Crippen LogP contribution >= 0.6 is 31.9 Å². The van der Waals surface area contributed by atoms with Crippen molar-refractivity contribution in [3.63, 3.8) is 0 Å². The van der Waals surface area contributed by atoms with E-state index in [1.165, 1.54) is 0 Å². The number of aryl methyl sites for hydroxylation is 1. The Morgan fingerprint density at radius 1 is 1.18 bits per heavy atom. The van der Waals surface area contributed by atoms with Gasteiger partial charge < -0.3 is 10.1 Å². The van der Waals surface area contributed by atoms with Gasteiger partial charge in [0, 0.05) is 11.3 Å². The number of ether oxygens (including phenoxy) is 1. The molecule has 114 valence electrons. The van der Waals surface area contributed by atoms with Crippen molar-refractivity contribution in [3.8, 4) is 5.75 Å². The van der Waals surface area contributed by atoms with Gasteiger partial charge in [0.15, 0.2) is 6.61 Å². The fourth-order valence-corrected chi connectivity index (χ4v) is 3.21. The van der Waals surface area contributed by atoms with Gasteiger partial charge in [0.25, 0.3) is 5.91 Å². The number of hydrogen-bond donors (Lipinski definition) is 1. The second-order valence-corrected chi connectivity index (χ2v) is 6.34. The summed E-state index contributed by atoms with van der Waals surface area (Å²) < 4.78 is 6.71. The van der Waals surface area contributed by atoms with Gasteiger partial charge in [0.05, 0.1) is 8.95 Å². The normalized spacial score (nSPS) is 10.1. The van der Waals surface area contributed by atoms with Crippen LogP contribution in [0.4, 0.5) is 5.69 Å². The third kappa shape index (κ3) is 4.42. The van der Waals surface area contributed by atoms with Crippen LogP contribution in [0.15, 0.2) is 45.3 Å². The zero-order valence-corrected chi connectivity index (χ0v) is 14.9. The molecule has 0 heterocycles. The largest absolute Gasteiger partial charge is 0.481 e. The minimum Gasteiger partial charge on any atom is -0.481 e. The minimum absolute atomic E-state index is 0.133. The first-order valence-electron chi connectivity index (χ1n) is 6.43. The van der Waals surface area contributed by atoms with Crippen molar-refractivity contribution >= 4 is 49.7 Å². The number of hydrogen-bond acceptors (Lipinski definition) is 3. The van der Waals surface area contributed by atoms with Crippen LogP contribution in [0.5, 0.6) is 5.75 Å². The monoisotopic (exact) mass is 425 g/mol. The van der Waals surface area contributed by atoms with Gasteiger partial charge in [-0.1, -0.05) is 17.7 Å². The van der Waals surface area contributed by atoms with E-state index >= 15 is 0 Å². The van der Waals surface area contributed by atoms with E-state index in [1.54, 1.807) is 12.1 Å². The van der Waals surface area contributed by atoms with E-state index in [1.807, 2.05) is 31.2 Å². The third-order valence-corrected chi connectivity index (χ3v) is 4.02. The highest BCUT2D eigenvalue weighted by Gasteiger charge is 2.11. The molecule has 6 heteroatoms. The van der Waals surface area contributed by atoms with Gasteiger partial charge in [-0.05, 0) is 63.0 Å². The molecule has 2 aromatic carbocycles. The lowest BCUT2D eigenvalue weighted by Crippen LogP contribution is -2.20. The number of anilines is 1. The maximum atomic E-state index is 11.9. The Labute approximate surface area is 145 Å². The highest BCUT2D eigenvalue weighted by molar-refractivity contribution is 9.11. The predicted molar refractivity (Wildman–Crippen MR) is 92.5 cm³/mol. The number of carbonyl (C=O) groups is 2. The van der Waals surface area contributed by atoms with Crippen molar-refractivity contribution in [2.75, 3.05) is 11.9 Å². The summed E-state index contributed by atoms with van der Waals surface area (Å²) in [4.78, 5) is 22.7. The van der Waals surface area contributed by atoms with Crippen molar-refractivity contribution in [3.05, 3.63) is 56.5 Å². The Kier molecular flexibility index (Phi) is 5.74. The summed E-state index contributed by atoms with van der Waals surface area (Å²) in [6, 6.07) is 10.8. The molecule has 0 bridgehead atoms. The van der Waals surface area contributed by atoms with Crippen molar-refractivity contribution < 1.29 is 14.3 Å². The highest BCUT2D eigenvalue weighted by Crippen LogP contribution is 2.34. The molecule has 0 saturated carbocycles. The number of benzene rings is 2. The van der Waals surface area contributed by atoms with E-state index in [9.17, 15) is 9.59 Å². The van der Waals surface area contributed by atoms with Crippen LogP contribution in [-0.4, -0.2) is 18.8 Å². The lowest BCUT2D eigenvalue weighted by Gasteiger charge is -2.11. The lowest BCUT2D eigenvalue weighted by molar-refractivity contribution is -0.118. The van der Waals surface area contributed by atoms with Gasteiger partial charge in [-0.25, -0.2) is 0 Å². The van der Waals surface area contributed by atoms with E-state index in [0.29, 0.717) is 25.9 Å². The molecule has 0 aliphatic carbocycles. The van der Waals surface area contributed by atoms with Crippen LogP contribution in [0, 0.1) is 6.92 Å². The Bertz CT molecular complexity index is 676. The predicted octanol–water partition coefficient (Wildman–Crippen LogP) is 4.35. The molecular formula is C16H13Br2NO3. The molecule has 1 N–H and O–H groups in total. The number of nitrogens with one attached hydrogen (secondary N) is 1. The molecule has 0 radical (unpaired) electrons. The Morgan fingerprint density at radius 3 is 2.32 bits per heavy atom. The smallest absolute Gasteiger partial charge is 0.262 e. The zero-order chi connectivity index (χ0) is 16.1. The Morgan fingerprint density at radius 2 is 1.77 bits per heavy atom. The summed E-state index contributed by atoms with van der Waals surface area (Å²) in [5.41, 5.74) is 2.35. The van der Waals surface area contributed by atoms with Crippen LogP contribution in [0.2, 0.25) is 0 Å². The van der Waals surface area contributed by atoms with E-state index in [0.717, 1.165) is 11.8 Å². The van der Waals surface area contributed by atoms with Gasteiger partial charge in [-0.3, -0.25) is 9.59 Å². The van der Waals surface area contributed by atoms with Crippen molar-refractivity contribution in [2.45, 2.75) is 6.92 Å². The van der Waals surface area contributed by atoms with Gasteiger partial charge in [0.2, 0.25) is 0 Å². The number of rotatable bonds is 5.